The summed E-state index contributed by atoms with van der Waals surface area (Å²) in [6.07, 6.45) is 1.73. The molecule has 1 aromatic heterocycles. The van der Waals surface area contributed by atoms with E-state index in [4.69, 9.17) is 0 Å². The first-order valence-corrected chi connectivity index (χ1v) is 11.1. The van der Waals surface area contributed by atoms with E-state index in [1.807, 2.05) is 19.1 Å². The van der Waals surface area contributed by atoms with Gasteiger partial charge in [0, 0.05) is 24.0 Å². The SMILES string of the molecule is CC(c1cccc2cc(S(=O)(=O)c3ccccc3)cnc12)N1CCCC(F)(F)C1.Cl. The summed E-state index contributed by atoms with van der Waals surface area (Å²) < 4.78 is 53.5. The number of hydrogen-bond acceptors (Lipinski definition) is 4. The lowest BCUT2D eigenvalue weighted by Crippen LogP contribution is -2.43. The van der Waals surface area contributed by atoms with Crippen molar-refractivity contribution in [3.05, 3.63) is 66.4 Å². The Labute approximate surface area is 181 Å². The second kappa shape index (κ2) is 8.57. The summed E-state index contributed by atoms with van der Waals surface area (Å²) in [5.74, 6) is -2.68. The molecular formula is C22H23ClF2N2O2S. The normalized spacial score (nSPS) is 18.0. The Morgan fingerprint density at radius 1 is 1.07 bits per heavy atom. The van der Waals surface area contributed by atoms with Gasteiger partial charge in [0.15, 0.2) is 0 Å². The largest absolute Gasteiger partial charge is 0.291 e. The highest BCUT2D eigenvalue weighted by Crippen LogP contribution is 2.34. The molecule has 0 amide bonds. The fraction of sp³-hybridized carbons (Fsp3) is 0.318. The van der Waals surface area contributed by atoms with Gasteiger partial charge in [-0.25, -0.2) is 17.2 Å². The molecule has 0 saturated carbocycles. The molecule has 1 fully saturated rings. The molecule has 0 spiro atoms. The molecule has 0 aliphatic carbocycles. The van der Waals surface area contributed by atoms with Crippen molar-refractivity contribution in [3.63, 3.8) is 0 Å². The van der Waals surface area contributed by atoms with E-state index in [2.05, 4.69) is 4.98 Å². The van der Waals surface area contributed by atoms with Crippen molar-refractivity contribution in [2.75, 3.05) is 13.1 Å². The highest BCUT2D eigenvalue weighted by Gasteiger charge is 2.37. The van der Waals surface area contributed by atoms with Crippen molar-refractivity contribution >= 4 is 33.1 Å². The van der Waals surface area contributed by atoms with Gasteiger partial charge >= 0.3 is 0 Å². The van der Waals surface area contributed by atoms with Crippen LogP contribution in [-0.4, -0.2) is 37.3 Å². The van der Waals surface area contributed by atoms with Gasteiger partial charge in [0.1, 0.15) is 0 Å². The van der Waals surface area contributed by atoms with Gasteiger partial charge in [-0.15, -0.1) is 12.4 Å². The number of sulfone groups is 1. The van der Waals surface area contributed by atoms with E-state index in [-0.39, 0.29) is 41.2 Å². The maximum Gasteiger partial charge on any atom is 0.260 e. The molecule has 0 radical (unpaired) electrons. The van der Waals surface area contributed by atoms with Crippen LogP contribution in [0.5, 0.6) is 0 Å². The number of fused-ring (bicyclic) bond motifs is 1. The van der Waals surface area contributed by atoms with Gasteiger partial charge in [0.05, 0.1) is 21.9 Å². The number of halogens is 3. The summed E-state index contributed by atoms with van der Waals surface area (Å²) in [6, 6.07) is 15.1. The Hall–Kier alpha value is -2.09. The zero-order valence-corrected chi connectivity index (χ0v) is 18.1. The first-order valence-electron chi connectivity index (χ1n) is 9.59. The first kappa shape index (κ1) is 22.6. The third-order valence-corrected chi connectivity index (χ3v) is 7.24. The van der Waals surface area contributed by atoms with Crippen molar-refractivity contribution < 1.29 is 17.2 Å². The fourth-order valence-corrected chi connectivity index (χ4v) is 5.17. The van der Waals surface area contributed by atoms with Gasteiger partial charge in [-0.3, -0.25) is 9.88 Å². The van der Waals surface area contributed by atoms with Gasteiger partial charge in [0.25, 0.3) is 5.92 Å². The summed E-state index contributed by atoms with van der Waals surface area (Å²) in [5.41, 5.74) is 1.46. The summed E-state index contributed by atoms with van der Waals surface area (Å²) in [7, 11) is -3.67. The van der Waals surface area contributed by atoms with Crippen molar-refractivity contribution in [1.29, 1.82) is 0 Å². The molecule has 4 rings (SSSR count). The Kier molecular flexibility index (Phi) is 6.45. The average Bonchev–Trinajstić information content (AvgIpc) is 2.72. The Balaban J connectivity index is 0.00000256. The minimum Gasteiger partial charge on any atom is -0.291 e. The molecule has 2 aromatic carbocycles. The van der Waals surface area contributed by atoms with Gasteiger partial charge in [-0.1, -0.05) is 36.4 Å². The number of pyridine rings is 1. The lowest BCUT2D eigenvalue weighted by Gasteiger charge is -2.36. The number of alkyl halides is 2. The standard InChI is InChI=1S/C22H22F2N2O2S.ClH/c1-16(26-12-6-11-22(23,24)15-26)20-10-5-7-17-13-19(14-25-21(17)20)29(27,28)18-8-3-2-4-9-18;/h2-5,7-10,13-14,16H,6,11-12,15H2,1H3;1H. The molecular weight excluding hydrogens is 430 g/mol. The van der Waals surface area contributed by atoms with Crippen LogP contribution < -0.4 is 0 Å². The number of piperidine rings is 1. The van der Waals surface area contributed by atoms with Gasteiger partial charge in [0.2, 0.25) is 9.84 Å². The number of nitrogens with zero attached hydrogens (tertiary/aromatic N) is 2. The molecule has 1 atom stereocenters. The Morgan fingerprint density at radius 3 is 2.50 bits per heavy atom. The number of aromatic nitrogens is 1. The number of rotatable bonds is 4. The van der Waals surface area contributed by atoms with E-state index < -0.39 is 15.8 Å². The molecule has 4 nitrogen and oxygen atoms in total. The lowest BCUT2D eigenvalue weighted by atomic mass is 9.99. The minimum atomic E-state index is -3.67. The quantitative estimate of drug-likeness (QED) is 0.540. The third-order valence-electron chi connectivity index (χ3n) is 5.50. The second-order valence-corrected chi connectivity index (χ2v) is 9.46. The van der Waals surface area contributed by atoms with Gasteiger partial charge < -0.3 is 0 Å². The molecule has 0 bridgehead atoms. The third kappa shape index (κ3) is 4.33. The van der Waals surface area contributed by atoms with Crippen LogP contribution in [0.15, 0.2) is 70.6 Å². The van der Waals surface area contributed by atoms with Crippen LogP contribution in [0.4, 0.5) is 8.78 Å². The summed E-state index contributed by atoms with van der Waals surface area (Å²) in [4.78, 5) is 6.53. The maximum atomic E-state index is 13.9. The monoisotopic (exact) mass is 452 g/mol. The van der Waals surface area contributed by atoms with Crippen molar-refractivity contribution in [3.8, 4) is 0 Å². The number of likely N-dealkylation sites (tertiary alicyclic amines) is 1. The maximum absolute atomic E-state index is 13.9. The van der Waals surface area contributed by atoms with Crippen molar-refractivity contribution in [2.24, 2.45) is 0 Å². The molecule has 1 aliphatic rings. The smallest absolute Gasteiger partial charge is 0.260 e. The van der Waals surface area contributed by atoms with E-state index >= 15 is 0 Å². The summed E-state index contributed by atoms with van der Waals surface area (Å²) in [5, 5.41) is 0.676. The predicted molar refractivity (Wildman–Crippen MR) is 115 cm³/mol. The first-order chi connectivity index (χ1) is 13.8. The number of para-hydroxylation sites is 1. The zero-order chi connectivity index (χ0) is 20.6. The number of hydrogen-bond donors (Lipinski definition) is 0. The predicted octanol–water partition coefficient (Wildman–Crippen LogP) is 5.28. The lowest BCUT2D eigenvalue weighted by molar-refractivity contribution is -0.0736. The topological polar surface area (TPSA) is 50.3 Å². The second-order valence-electron chi connectivity index (χ2n) is 7.51. The molecule has 1 aliphatic heterocycles. The van der Waals surface area contributed by atoms with Crippen LogP contribution in [0.1, 0.15) is 31.4 Å². The Bertz CT molecular complexity index is 1140. The molecule has 160 valence electrons. The molecule has 8 heteroatoms. The van der Waals surface area contributed by atoms with Crippen LogP contribution in [-0.2, 0) is 9.84 Å². The fourth-order valence-electron chi connectivity index (χ4n) is 3.91. The van der Waals surface area contributed by atoms with E-state index in [0.717, 1.165) is 5.56 Å². The molecule has 1 unspecified atom stereocenters. The van der Waals surface area contributed by atoms with E-state index in [1.165, 1.54) is 6.20 Å². The summed E-state index contributed by atoms with van der Waals surface area (Å²) in [6.45, 7) is 2.23. The van der Waals surface area contributed by atoms with Crippen LogP contribution in [0.2, 0.25) is 0 Å². The van der Waals surface area contributed by atoms with Crippen LogP contribution in [0, 0.1) is 0 Å². The Morgan fingerprint density at radius 2 is 1.80 bits per heavy atom. The highest BCUT2D eigenvalue weighted by atomic mass is 35.5. The van der Waals surface area contributed by atoms with Crippen LogP contribution in [0.25, 0.3) is 10.9 Å². The zero-order valence-electron chi connectivity index (χ0n) is 16.5. The van der Waals surface area contributed by atoms with E-state index in [0.29, 0.717) is 23.9 Å². The summed E-state index contributed by atoms with van der Waals surface area (Å²) >= 11 is 0. The van der Waals surface area contributed by atoms with E-state index in [1.54, 1.807) is 47.4 Å². The van der Waals surface area contributed by atoms with Crippen molar-refractivity contribution in [1.82, 2.24) is 9.88 Å². The van der Waals surface area contributed by atoms with Crippen molar-refractivity contribution in [2.45, 2.75) is 41.5 Å². The average molecular weight is 453 g/mol. The minimum absolute atomic E-state index is 0. The molecule has 3 aromatic rings. The molecule has 2 heterocycles. The van der Waals surface area contributed by atoms with Gasteiger partial charge in [-0.2, -0.15) is 0 Å². The highest BCUT2D eigenvalue weighted by molar-refractivity contribution is 7.91. The molecule has 0 N–H and O–H groups in total. The number of benzene rings is 2. The molecule has 30 heavy (non-hydrogen) atoms. The molecule has 1 saturated heterocycles. The van der Waals surface area contributed by atoms with E-state index in [9.17, 15) is 17.2 Å². The van der Waals surface area contributed by atoms with Crippen LogP contribution >= 0.6 is 12.4 Å². The van der Waals surface area contributed by atoms with Gasteiger partial charge in [-0.05, 0) is 43.7 Å². The van der Waals surface area contributed by atoms with Crippen LogP contribution in [0.3, 0.4) is 0 Å².